The van der Waals surface area contributed by atoms with Crippen LogP contribution in [0.3, 0.4) is 0 Å². The number of hydrogen-bond acceptors (Lipinski definition) is 2. The summed E-state index contributed by atoms with van der Waals surface area (Å²) >= 11 is 0. The maximum Gasteiger partial charge on any atom is 0.0610 e. The second-order valence-corrected chi connectivity index (χ2v) is 4.71. The highest BCUT2D eigenvalue weighted by Crippen LogP contribution is 2.24. The van der Waals surface area contributed by atoms with Crippen LogP contribution < -0.4 is 5.32 Å². The van der Waals surface area contributed by atoms with Crippen molar-refractivity contribution < 1.29 is 0 Å². The Balaban J connectivity index is 2.43. The molecule has 0 radical (unpaired) electrons. The third-order valence-electron chi connectivity index (χ3n) is 3.37. The normalized spacial score (nSPS) is 12.7. The minimum atomic E-state index is 0.226. The summed E-state index contributed by atoms with van der Waals surface area (Å²) in [6.07, 6.45) is 1.96. The number of nitrogens with one attached hydrogen (secondary N) is 1. The van der Waals surface area contributed by atoms with Crippen LogP contribution in [0.5, 0.6) is 0 Å². The van der Waals surface area contributed by atoms with Gasteiger partial charge >= 0.3 is 0 Å². The molecule has 96 valence electrons. The first-order valence-corrected chi connectivity index (χ1v) is 6.42. The van der Waals surface area contributed by atoms with Crippen molar-refractivity contribution >= 4 is 0 Å². The maximum absolute atomic E-state index is 4.34. The van der Waals surface area contributed by atoms with Crippen LogP contribution in [0.1, 0.15) is 35.3 Å². The van der Waals surface area contributed by atoms with E-state index in [0.29, 0.717) is 0 Å². The van der Waals surface area contributed by atoms with Crippen molar-refractivity contribution in [3.05, 3.63) is 52.8 Å². The van der Waals surface area contributed by atoms with E-state index in [1.807, 2.05) is 17.9 Å². The van der Waals surface area contributed by atoms with Crippen LogP contribution in [-0.4, -0.2) is 16.3 Å². The molecule has 0 bridgehead atoms. The third kappa shape index (κ3) is 2.46. The summed E-state index contributed by atoms with van der Waals surface area (Å²) in [5.41, 5.74) is 5.05. The zero-order valence-corrected chi connectivity index (χ0v) is 11.6. The standard InChI is InChI=1S/C15H21N3/c1-5-16-15(13-8-6-7-11(2)9-13)14-10-17-18(4)12(14)3/h6-10,15-16H,5H2,1-4H3. The third-order valence-corrected chi connectivity index (χ3v) is 3.37. The Kier molecular flexibility index (Phi) is 3.82. The van der Waals surface area contributed by atoms with Gasteiger partial charge in [0.05, 0.1) is 12.2 Å². The summed E-state index contributed by atoms with van der Waals surface area (Å²) in [4.78, 5) is 0. The maximum atomic E-state index is 4.34. The van der Waals surface area contributed by atoms with Crippen LogP contribution in [0.15, 0.2) is 30.5 Å². The Morgan fingerprint density at radius 3 is 2.67 bits per heavy atom. The fraction of sp³-hybridized carbons (Fsp3) is 0.400. The molecule has 3 nitrogen and oxygen atoms in total. The van der Waals surface area contributed by atoms with Crippen molar-refractivity contribution in [3.63, 3.8) is 0 Å². The lowest BCUT2D eigenvalue weighted by Crippen LogP contribution is -2.22. The van der Waals surface area contributed by atoms with Gasteiger partial charge in [0.1, 0.15) is 0 Å². The van der Waals surface area contributed by atoms with Crippen LogP contribution >= 0.6 is 0 Å². The van der Waals surface area contributed by atoms with E-state index in [1.165, 1.54) is 22.4 Å². The molecule has 0 saturated carbocycles. The second kappa shape index (κ2) is 5.36. The van der Waals surface area contributed by atoms with Crippen molar-refractivity contribution in [1.82, 2.24) is 15.1 Å². The lowest BCUT2D eigenvalue weighted by Gasteiger charge is -2.18. The first-order valence-electron chi connectivity index (χ1n) is 6.42. The van der Waals surface area contributed by atoms with Crippen molar-refractivity contribution in [1.29, 1.82) is 0 Å². The number of aromatic nitrogens is 2. The number of aryl methyl sites for hydroxylation is 2. The molecule has 2 aromatic rings. The summed E-state index contributed by atoms with van der Waals surface area (Å²) in [5.74, 6) is 0. The van der Waals surface area contributed by atoms with Gasteiger partial charge in [-0.15, -0.1) is 0 Å². The van der Waals surface area contributed by atoms with Crippen LogP contribution in [0.2, 0.25) is 0 Å². The molecule has 0 fully saturated rings. The average molecular weight is 243 g/mol. The Bertz CT molecular complexity index is 528. The van der Waals surface area contributed by atoms with Crippen LogP contribution in [-0.2, 0) is 7.05 Å². The zero-order valence-electron chi connectivity index (χ0n) is 11.6. The van der Waals surface area contributed by atoms with Crippen LogP contribution in [0, 0.1) is 13.8 Å². The van der Waals surface area contributed by atoms with Crippen LogP contribution in [0.4, 0.5) is 0 Å². The quantitative estimate of drug-likeness (QED) is 0.895. The zero-order chi connectivity index (χ0) is 13.1. The predicted octanol–water partition coefficient (Wildman–Crippen LogP) is 2.74. The molecule has 0 saturated heterocycles. The molecule has 1 atom stereocenters. The molecule has 0 aliphatic rings. The number of benzene rings is 1. The lowest BCUT2D eigenvalue weighted by molar-refractivity contribution is 0.624. The highest BCUT2D eigenvalue weighted by molar-refractivity contribution is 5.34. The SMILES string of the molecule is CCNC(c1cccc(C)c1)c1cnn(C)c1C. The number of hydrogen-bond donors (Lipinski definition) is 1. The molecule has 1 heterocycles. The highest BCUT2D eigenvalue weighted by atomic mass is 15.3. The van der Waals surface area contributed by atoms with Gasteiger partial charge in [0.15, 0.2) is 0 Å². The van der Waals surface area contributed by atoms with E-state index in [2.05, 4.69) is 55.5 Å². The van der Waals surface area contributed by atoms with Crippen LogP contribution in [0.25, 0.3) is 0 Å². The van der Waals surface area contributed by atoms with E-state index in [9.17, 15) is 0 Å². The monoisotopic (exact) mass is 243 g/mol. The van der Waals surface area contributed by atoms with Crippen molar-refractivity contribution in [3.8, 4) is 0 Å². The largest absolute Gasteiger partial charge is 0.306 e. The molecular weight excluding hydrogens is 222 g/mol. The fourth-order valence-corrected chi connectivity index (χ4v) is 2.26. The van der Waals surface area contributed by atoms with Gasteiger partial charge in [0.2, 0.25) is 0 Å². The summed E-state index contributed by atoms with van der Waals surface area (Å²) in [5, 5.41) is 7.89. The van der Waals surface area contributed by atoms with Gasteiger partial charge in [-0.3, -0.25) is 4.68 Å². The van der Waals surface area contributed by atoms with E-state index >= 15 is 0 Å². The second-order valence-electron chi connectivity index (χ2n) is 4.71. The minimum absolute atomic E-state index is 0.226. The summed E-state index contributed by atoms with van der Waals surface area (Å²) in [6.45, 7) is 7.31. The number of rotatable bonds is 4. The Morgan fingerprint density at radius 2 is 2.11 bits per heavy atom. The Morgan fingerprint density at radius 1 is 1.33 bits per heavy atom. The van der Waals surface area contributed by atoms with E-state index < -0.39 is 0 Å². The smallest absolute Gasteiger partial charge is 0.0610 e. The van der Waals surface area contributed by atoms with Crippen molar-refractivity contribution in [2.45, 2.75) is 26.8 Å². The molecule has 1 aromatic heterocycles. The van der Waals surface area contributed by atoms with Gasteiger partial charge in [-0.2, -0.15) is 5.10 Å². The van der Waals surface area contributed by atoms with Gasteiger partial charge in [-0.05, 0) is 26.0 Å². The fourth-order valence-electron chi connectivity index (χ4n) is 2.26. The first-order chi connectivity index (χ1) is 8.63. The van der Waals surface area contributed by atoms with E-state index in [-0.39, 0.29) is 6.04 Å². The molecule has 0 aliphatic heterocycles. The molecule has 0 spiro atoms. The molecule has 1 unspecified atom stereocenters. The van der Waals surface area contributed by atoms with Crippen molar-refractivity contribution in [2.75, 3.05) is 6.54 Å². The predicted molar refractivity (Wildman–Crippen MR) is 74.6 cm³/mol. The van der Waals surface area contributed by atoms with E-state index in [0.717, 1.165) is 6.54 Å². The minimum Gasteiger partial charge on any atom is -0.306 e. The van der Waals surface area contributed by atoms with E-state index in [1.54, 1.807) is 0 Å². The highest BCUT2D eigenvalue weighted by Gasteiger charge is 2.17. The van der Waals surface area contributed by atoms with Gasteiger partial charge in [-0.25, -0.2) is 0 Å². The Labute approximate surface area is 109 Å². The van der Waals surface area contributed by atoms with Gasteiger partial charge in [0, 0.05) is 18.3 Å². The molecular formula is C15H21N3. The lowest BCUT2D eigenvalue weighted by atomic mass is 9.98. The molecule has 3 heteroatoms. The molecule has 0 amide bonds. The molecule has 1 aromatic carbocycles. The topological polar surface area (TPSA) is 29.9 Å². The molecule has 18 heavy (non-hydrogen) atoms. The summed E-state index contributed by atoms with van der Waals surface area (Å²) < 4.78 is 1.93. The van der Waals surface area contributed by atoms with Gasteiger partial charge < -0.3 is 5.32 Å². The van der Waals surface area contributed by atoms with Gasteiger partial charge in [-0.1, -0.05) is 36.8 Å². The summed E-state index contributed by atoms with van der Waals surface area (Å²) in [7, 11) is 1.98. The molecule has 2 rings (SSSR count). The first kappa shape index (κ1) is 12.8. The average Bonchev–Trinajstić information content (AvgIpc) is 2.67. The van der Waals surface area contributed by atoms with E-state index in [4.69, 9.17) is 0 Å². The summed E-state index contributed by atoms with van der Waals surface area (Å²) in [6, 6.07) is 8.87. The van der Waals surface area contributed by atoms with Gasteiger partial charge in [0.25, 0.3) is 0 Å². The Hall–Kier alpha value is -1.61. The molecule has 1 N–H and O–H groups in total. The molecule has 0 aliphatic carbocycles. The number of nitrogens with zero attached hydrogens (tertiary/aromatic N) is 2. The van der Waals surface area contributed by atoms with Crippen molar-refractivity contribution in [2.24, 2.45) is 7.05 Å².